The molecule has 0 bridgehead atoms. The molecule has 0 atom stereocenters. The molecule has 0 spiro atoms. The van der Waals surface area contributed by atoms with Crippen LogP contribution in [0.1, 0.15) is 41.5 Å². The number of hydrogen-bond acceptors (Lipinski definition) is 2. The fourth-order valence-corrected chi connectivity index (χ4v) is 2.38. The number of fused-ring (bicyclic) bond motifs is 1. The Balaban J connectivity index is 2.38. The van der Waals surface area contributed by atoms with Crippen molar-refractivity contribution in [2.75, 3.05) is 6.54 Å². The van der Waals surface area contributed by atoms with Gasteiger partial charge in [-0.1, -0.05) is 0 Å². The van der Waals surface area contributed by atoms with E-state index in [4.69, 9.17) is 5.73 Å². The molecule has 3 N–H and O–H groups in total. The Morgan fingerprint density at radius 1 is 1.56 bits per heavy atom. The summed E-state index contributed by atoms with van der Waals surface area (Å²) in [6.07, 6.45) is 3.34. The van der Waals surface area contributed by atoms with Crippen molar-refractivity contribution in [3.05, 3.63) is 23.0 Å². The van der Waals surface area contributed by atoms with Crippen molar-refractivity contribution in [1.29, 1.82) is 0 Å². The van der Waals surface area contributed by atoms with Gasteiger partial charge in [0.25, 0.3) is 5.91 Å². The van der Waals surface area contributed by atoms with Gasteiger partial charge >= 0.3 is 0 Å². The number of nitrogens with zero attached hydrogens (tertiary/aromatic N) is 1. The van der Waals surface area contributed by atoms with Crippen LogP contribution in [0.25, 0.3) is 0 Å². The summed E-state index contributed by atoms with van der Waals surface area (Å²) in [5.41, 5.74) is 8.77. The molecule has 0 aliphatic carbocycles. The zero-order chi connectivity index (χ0) is 11.5. The molecule has 1 aromatic rings. The number of nitrogens with two attached hydrogens (primary N) is 1. The summed E-state index contributed by atoms with van der Waals surface area (Å²) < 4.78 is 2.22. The molecule has 0 saturated carbocycles. The zero-order valence-corrected chi connectivity index (χ0v) is 9.75. The van der Waals surface area contributed by atoms with Crippen LogP contribution < -0.4 is 11.1 Å². The summed E-state index contributed by atoms with van der Waals surface area (Å²) >= 11 is 0. The van der Waals surface area contributed by atoms with Crippen molar-refractivity contribution in [2.24, 2.45) is 5.73 Å². The second kappa shape index (κ2) is 4.70. The Bertz CT molecular complexity index is 395. The van der Waals surface area contributed by atoms with Crippen molar-refractivity contribution >= 4 is 5.91 Å². The molecular formula is C12H19N3O. The Morgan fingerprint density at radius 3 is 3.06 bits per heavy atom. The highest BCUT2D eigenvalue weighted by Crippen LogP contribution is 2.23. The molecular weight excluding hydrogens is 202 g/mol. The highest BCUT2D eigenvalue weighted by Gasteiger charge is 2.21. The first kappa shape index (κ1) is 11.2. The quantitative estimate of drug-likeness (QED) is 0.801. The van der Waals surface area contributed by atoms with Crippen LogP contribution >= 0.6 is 0 Å². The number of carbonyl (C=O) groups excluding carboxylic acids is 1. The van der Waals surface area contributed by atoms with E-state index in [0.717, 1.165) is 29.9 Å². The predicted octanol–water partition coefficient (Wildman–Crippen LogP) is 1.03. The van der Waals surface area contributed by atoms with Crippen LogP contribution in [0.3, 0.4) is 0 Å². The first-order valence-corrected chi connectivity index (χ1v) is 5.97. The fraction of sp³-hybridized carbons (Fsp3) is 0.583. The van der Waals surface area contributed by atoms with Gasteiger partial charge in [-0.2, -0.15) is 0 Å². The van der Waals surface area contributed by atoms with Gasteiger partial charge in [0.15, 0.2) is 0 Å². The number of aromatic nitrogens is 1. The van der Waals surface area contributed by atoms with Crippen molar-refractivity contribution in [2.45, 2.75) is 39.3 Å². The Labute approximate surface area is 95.8 Å². The van der Waals surface area contributed by atoms with Gasteiger partial charge in [-0.05, 0) is 32.3 Å². The lowest BCUT2D eigenvalue weighted by Crippen LogP contribution is -2.24. The molecule has 4 heteroatoms. The summed E-state index contributed by atoms with van der Waals surface area (Å²) in [5.74, 6) is 0.0350. The van der Waals surface area contributed by atoms with Crippen molar-refractivity contribution in [3.63, 3.8) is 0 Å². The minimum Gasteiger partial charge on any atom is -0.352 e. The van der Waals surface area contributed by atoms with Crippen molar-refractivity contribution < 1.29 is 4.79 Å². The minimum absolute atomic E-state index is 0.0350. The number of carbonyl (C=O) groups is 1. The lowest BCUT2D eigenvalue weighted by Gasteiger charge is -2.18. The second-order valence-electron chi connectivity index (χ2n) is 4.17. The molecule has 88 valence electrons. The SMILES string of the molecule is CCNC(=O)c1cc(CN)n2c1CCCC2. The van der Waals surface area contributed by atoms with Crippen LogP contribution in [0.2, 0.25) is 0 Å². The third-order valence-electron chi connectivity index (χ3n) is 3.13. The lowest BCUT2D eigenvalue weighted by atomic mass is 10.1. The average molecular weight is 221 g/mol. The molecule has 0 unspecified atom stereocenters. The molecule has 1 amide bonds. The van der Waals surface area contributed by atoms with Crippen LogP contribution in [-0.2, 0) is 19.5 Å². The maximum Gasteiger partial charge on any atom is 0.253 e. The van der Waals surface area contributed by atoms with Crippen molar-refractivity contribution in [3.8, 4) is 0 Å². The second-order valence-corrected chi connectivity index (χ2v) is 4.17. The molecule has 1 aliphatic rings. The van der Waals surface area contributed by atoms with Gasteiger partial charge in [0.05, 0.1) is 5.56 Å². The molecule has 0 saturated heterocycles. The van der Waals surface area contributed by atoms with E-state index < -0.39 is 0 Å². The van der Waals surface area contributed by atoms with Crippen LogP contribution in [0.5, 0.6) is 0 Å². The van der Waals surface area contributed by atoms with Gasteiger partial charge in [-0.3, -0.25) is 4.79 Å². The van der Waals surface area contributed by atoms with Gasteiger partial charge < -0.3 is 15.6 Å². The van der Waals surface area contributed by atoms with Gasteiger partial charge in [0.1, 0.15) is 0 Å². The summed E-state index contributed by atoms with van der Waals surface area (Å²) in [7, 11) is 0. The molecule has 16 heavy (non-hydrogen) atoms. The normalized spacial score (nSPS) is 14.6. The number of rotatable bonds is 3. The number of amides is 1. The molecule has 1 aromatic heterocycles. The lowest BCUT2D eigenvalue weighted by molar-refractivity contribution is 0.0954. The first-order valence-electron chi connectivity index (χ1n) is 5.97. The monoisotopic (exact) mass is 221 g/mol. The first-order chi connectivity index (χ1) is 7.77. The van der Waals surface area contributed by atoms with Gasteiger partial charge in [0, 0.05) is 31.0 Å². The van der Waals surface area contributed by atoms with Gasteiger partial charge in [-0.15, -0.1) is 0 Å². The number of nitrogens with one attached hydrogen (secondary N) is 1. The van der Waals surface area contributed by atoms with E-state index in [1.807, 2.05) is 13.0 Å². The minimum atomic E-state index is 0.0350. The molecule has 0 aromatic carbocycles. The number of hydrogen-bond donors (Lipinski definition) is 2. The molecule has 2 rings (SSSR count). The van der Waals surface area contributed by atoms with Crippen LogP contribution in [-0.4, -0.2) is 17.0 Å². The Morgan fingerprint density at radius 2 is 2.38 bits per heavy atom. The van der Waals surface area contributed by atoms with E-state index in [-0.39, 0.29) is 5.91 Å². The largest absolute Gasteiger partial charge is 0.352 e. The third-order valence-corrected chi connectivity index (χ3v) is 3.13. The smallest absolute Gasteiger partial charge is 0.253 e. The van der Waals surface area contributed by atoms with Gasteiger partial charge in [-0.25, -0.2) is 0 Å². The zero-order valence-electron chi connectivity index (χ0n) is 9.75. The molecule has 4 nitrogen and oxygen atoms in total. The maximum atomic E-state index is 11.9. The summed E-state index contributed by atoms with van der Waals surface area (Å²) in [5, 5.41) is 2.86. The molecule has 0 fully saturated rings. The van der Waals surface area contributed by atoms with E-state index in [1.165, 1.54) is 12.8 Å². The average Bonchev–Trinajstić information content (AvgIpc) is 2.68. The topological polar surface area (TPSA) is 60.1 Å². The van der Waals surface area contributed by atoms with E-state index in [2.05, 4.69) is 9.88 Å². The van der Waals surface area contributed by atoms with E-state index in [0.29, 0.717) is 13.1 Å². The summed E-state index contributed by atoms with van der Waals surface area (Å²) in [6.45, 7) is 4.11. The molecule has 0 radical (unpaired) electrons. The highest BCUT2D eigenvalue weighted by molar-refractivity contribution is 5.95. The fourth-order valence-electron chi connectivity index (χ4n) is 2.38. The van der Waals surface area contributed by atoms with Crippen LogP contribution in [0, 0.1) is 0 Å². The third kappa shape index (κ3) is 1.85. The highest BCUT2D eigenvalue weighted by atomic mass is 16.1. The maximum absolute atomic E-state index is 11.9. The summed E-state index contributed by atoms with van der Waals surface area (Å²) in [4.78, 5) is 11.9. The van der Waals surface area contributed by atoms with E-state index >= 15 is 0 Å². The Kier molecular flexibility index (Phi) is 3.29. The van der Waals surface area contributed by atoms with Gasteiger partial charge in [0.2, 0.25) is 0 Å². The van der Waals surface area contributed by atoms with Crippen LogP contribution in [0.15, 0.2) is 6.07 Å². The predicted molar refractivity (Wildman–Crippen MR) is 63.3 cm³/mol. The Hall–Kier alpha value is -1.29. The molecule has 1 aliphatic heterocycles. The molecule has 2 heterocycles. The standard InChI is InChI=1S/C12H19N3O/c1-2-14-12(16)10-7-9(8-13)15-6-4-3-5-11(10)15/h7H,2-6,8,13H2,1H3,(H,14,16). The van der Waals surface area contributed by atoms with E-state index in [9.17, 15) is 4.79 Å². The van der Waals surface area contributed by atoms with E-state index in [1.54, 1.807) is 0 Å². The van der Waals surface area contributed by atoms with Crippen LogP contribution in [0.4, 0.5) is 0 Å². The van der Waals surface area contributed by atoms with Crippen molar-refractivity contribution in [1.82, 2.24) is 9.88 Å². The summed E-state index contributed by atoms with van der Waals surface area (Å²) in [6, 6.07) is 1.95.